The molecule has 0 saturated heterocycles. The lowest BCUT2D eigenvalue weighted by Gasteiger charge is -1.82. The Bertz CT molecular complexity index is 210. The van der Waals surface area contributed by atoms with E-state index in [9.17, 15) is 0 Å². The van der Waals surface area contributed by atoms with Gasteiger partial charge in [-0.2, -0.15) is 0 Å². The number of thiol groups is 1. The van der Waals surface area contributed by atoms with Crippen LogP contribution in [0.4, 0.5) is 0 Å². The van der Waals surface area contributed by atoms with E-state index < -0.39 is 0 Å². The van der Waals surface area contributed by atoms with E-state index in [1.165, 1.54) is 11.3 Å². The first-order valence-corrected chi connectivity index (χ1v) is 5.00. The number of rotatable bonds is 1. The molecule has 5 heteroatoms. The zero-order valence-electron chi connectivity index (χ0n) is 4.59. The van der Waals surface area contributed by atoms with E-state index in [1.54, 1.807) is 11.8 Å². The highest BCUT2D eigenvalue weighted by Gasteiger charge is 2.03. The highest BCUT2D eigenvalue weighted by atomic mass is 35.5. The molecule has 1 heterocycles. The third-order valence-corrected chi connectivity index (χ3v) is 3.57. The van der Waals surface area contributed by atoms with Crippen molar-refractivity contribution in [2.45, 2.75) is 8.55 Å². The molecule has 0 spiro atoms. The fraction of sp³-hybridized carbons (Fsp3) is 0.250. The van der Waals surface area contributed by atoms with Crippen LogP contribution in [-0.2, 0) is 0 Å². The second-order valence-corrected chi connectivity index (χ2v) is 4.44. The van der Waals surface area contributed by atoms with Crippen molar-refractivity contribution >= 4 is 47.3 Å². The van der Waals surface area contributed by atoms with E-state index in [4.69, 9.17) is 11.6 Å². The Kier molecular flexibility index (Phi) is 2.70. The molecule has 0 aliphatic rings. The summed E-state index contributed by atoms with van der Waals surface area (Å²) in [6.07, 6.45) is 1.96. The Balaban J connectivity index is 3.01. The molecule has 0 aliphatic carbocycles. The Hall–Kier alpha value is 0.620. The molecule has 1 aromatic rings. The number of thioether (sulfide) groups is 1. The van der Waals surface area contributed by atoms with Gasteiger partial charge in [0.05, 0.1) is 4.21 Å². The van der Waals surface area contributed by atoms with Crippen molar-refractivity contribution in [1.82, 2.24) is 4.98 Å². The van der Waals surface area contributed by atoms with E-state index in [-0.39, 0.29) is 0 Å². The molecule has 0 fully saturated rings. The smallest absolute Gasteiger partial charge is 0.155 e. The van der Waals surface area contributed by atoms with Gasteiger partial charge in [-0.25, -0.2) is 4.98 Å². The number of halogens is 1. The first kappa shape index (κ1) is 7.72. The van der Waals surface area contributed by atoms with Crippen molar-refractivity contribution in [2.75, 3.05) is 6.26 Å². The molecular formula is C4H4ClNS3. The Morgan fingerprint density at radius 3 is 2.67 bits per heavy atom. The van der Waals surface area contributed by atoms with Crippen LogP contribution < -0.4 is 0 Å². The summed E-state index contributed by atoms with van der Waals surface area (Å²) in [7, 11) is 0. The van der Waals surface area contributed by atoms with Gasteiger partial charge < -0.3 is 0 Å². The van der Waals surface area contributed by atoms with E-state index in [0.29, 0.717) is 5.15 Å². The minimum atomic E-state index is 0.567. The molecule has 0 unspecified atom stereocenters. The zero-order valence-corrected chi connectivity index (χ0v) is 7.87. The SMILES string of the molecule is CSc1sc(S)nc1Cl. The molecule has 1 nitrogen and oxygen atoms in total. The summed E-state index contributed by atoms with van der Waals surface area (Å²) in [5, 5.41) is 0.567. The second kappa shape index (κ2) is 3.14. The molecule has 0 radical (unpaired) electrons. The van der Waals surface area contributed by atoms with Crippen LogP contribution in [0.25, 0.3) is 0 Å². The van der Waals surface area contributed by atoms with Crippen LogP contribution in [0, 0.1) is 0 Å². The van der Waals surface area contributed by atoms with E-state index in [0.717, 1.165) is 8.55 Å². The minimum Gasteiger partial charge on any atom is -0.217 e. The summed E-state index contributed by atoms with van der Waals surface area (Å²) in [5.41, 5.74) is 0. The van der Waals surface area contributed by atoms with Crippen LogP contribution >= 0.6 is 47.3 Å². The summed E-state index contributed by atoms with van der Waals surface area (Å²) < 4.78 is 1.76. The minimum absolute atomic E-state index is 0.567. The van der Waals surface area contributed by atoms with Crippen molar-refractivity contribution in [3.05, 3.63) is 5.15 Å². The van der Waals surface area contributed by atoms with Gasteiger partial charge in [0, 0.05) is 0 Å². The lowest BCUT2D eigenvalue weighted by atomic mass is 11.0. The van der Waals surface area contributed by atoms with Crippen LogP contribution in [-0.4, -0.2) is 11.2 Å². The maximum Gasteiger partial charge on any atom is 0.155 e. The lowest BCUT2D eigenvalue weighted by Crippen LogP contribution is -1.61. The Morgan fingerprint density at radius 1 is 1.78 bits per heavy atom. The quantitative estimate of drug-likeness (QED) is 0.549. The fourth-order valence-corrected chi connectivity index (χ4v) is 2.72. The molecule has 1 aromatic heterocycles. The Morgan fingerprint density at radius 2 is 2.44 bits per heavy atom. The topological polar surface area (TPSA) is 12.9 Å². The van der Waals surface area contributed by atoms with Gasteiger partial charge in [0.25, 0.3) is 0 Å². The molecule has 0 aromatic carbocycles. The predicted molar refractivity (Wildman–Crippen MR) is 46.2 cm³/mol. The normalized spacial score (nSPS) is 10.1. The number of hydrogen-bond acceptors (Lipinski definition) is 4. The molecule has 0 amide bonds. The summed E-state index contributed by atoms with van der Waals surface area (Å²) in [6, 6.07) is 0. The standard InChI is InChI=1S/C4H4ClNS3/c1-8-3-2(5)6-4(7)9-3/h1H3,(H,6,7). The molecule has 50 valence electrons. The monoisotopic (exact) mass is 197 g/mol. The maximum absolute atomic E-state index is 5.67. The molecule has 9 heavy (non-hydrogen) atoms. The fourth-order valence-electron chi connectivity index (χ4n) is 0.403. The van der Waals surface area contributed by atoms with Gasteiger partial charge in [-0.1, -0.05) is 22.9 Å². The molecule has 0 bridgehead atoms. The average Bonchev–Trinajstić information content (AvgIpc) is 2.10. The molecule has 0 aliphatic heterocycles. The van der Waals surface area contributed by atoms with Gasteiger partial charge in [0.15, 0.2) is 5.15 Å². The third-order valence-electron chi connectivity index (χ3n) is 0.732. The Labute approximate surface area is 72.2 Å². The number of hydrogen-bond donors (Lipinski definition) is 1. The van der Waals surface area contributed by atoms with Crippen LogP contribution in [0.2, 0.25) is 5.15 Å². The van der Waals surface area contributed by atoms with E-state index >= 15 is 0 Å². The van der Waals surface area contributed by atoms with Gasteiger partial charge in [0.2, 0.25) is 0 Å². The molecule has 0 saturated carbocycles. The summed E-state index contributed by atoms with van der Waals surface area (Å²) in [5.74, 6) is 0. The van der Waals surface area contributed by atoms with Crippen LogP contribution in [0.5, 0.6) is 0 Å². The third kappa shape index (κ3) is 1.77. The molecule has 0 N–H and O–H groups in total. The van der Waals surface area contributed by atoms with Crippen LogP contribution in [0.15, 0.2) is 8.55 Å². The van der Waals surface area contributed by atoms with Crippen LogP contribution in [0.3, 0.4) is 0 Å². The summed E-state index contributed by atoms with van der Waals surface area (Å²) in [4.78, 5) is 3.91. The predicted octanol–water partition coefficient (Wildman–Crippen LogP) is 2.81. The highest BCUT2D eigenvalue weighted by Crippen LogP contribution is 2.32. The van der Waals surface area contributed by atoms with Crippen molar-refractivity contribution in [1.29, 1.82) is 0 Å². The number of aromatic nitrogens is 1. The average molecular weight is 198 g/mol. The zero-order chi connectivity index (χ0) is 6.85. The van der Waals surface area contributed by atoms with Crippen molar-refractivity contribution in [2.24, 2.45) is 0 Å². The van der Waals surface area contributed by atoms with Crippen molar-refractivity contribution in [3.8, 4) is 0 Å². The first-order chi connectivity index (χ1) is 4.24. The van der Waals surface area contributed by atoms with E-state index in [2.05, 4.69) is 17.6 Å². The van der Waals surface area contributed by atoms with Gasteiger partial charge in [-0.05, 0) is 6.26 Å². The lowest BCUT2D eigenvalue weighted by molar-refractivity contribution is 1.24. The highest BCUT2D eigenvalue weighted by molar-refractivity contribution is 8.00. The largest absolute Gasteiger partial charge is 0.217 e. The van der Waals surface area contributed by atoms with Gasteiger partial charge >= 0.3 is 0 Å². The van der Waals surface area contributed by atoms with Crippen molar-refractivity contribution in [3.63, 3.8) is 0 Å². The second-order valence-electron chi connectivity index (χ2n) is 1.28. The molecule has 0 atom stereocenters. The van der Waals surface area contributed by atoms with Gasteiger partial charge in [-0.3, -0.25) is 0 Å². The van der Waals surface area contributed by atoms with Crippen LogP contribution in [0.1, 0.15) is 0 Å². The molecular weight excluding hydrogens is 194 g/mol. The maximum atomic E-state index is 5.67. The molecule has 1 rings (SSSR count). The van der Waals surface area contributed by atoms with Crippen molar-refractivity contribution < 1.29 is 0 Å². The number of thiazole rings is 1. The summed E-state index contributed by atoms with van der Waals surface area (Å²) >= 11 is 12.8. The van der Waals surface area contributed by atoms with Gasteiger partial charge in [0.1, 0.15) is 4.34 Å². The first-order valence-electron chi connectivity index (χ1n) is 2.13. The van der Waals surface area contributed by atoms with Gasteiger partial charge in [-0.15, -0.1) is 24.4 Å². The number of nitrogens with zero attached hydrogens (tertiary/aromatic N) is 1. The van der Waals surface area contributed by atoms with E-state index in [1.807, 2.05) is 6.26 Å². The summed E-state index contributed by atoms with van der Waals surface area (Å²) in [6.45, 7) is 0.